The number of thiol groups is 2. The van der Waals surface area contributed by atoms with Crippen LogP contribution in [0.3, 0.4) is 0 Å². The third kappa shape index (κ3) is 227. The van der Waals surface area contributed by atoms with Gasteiger partial charge in [0, 0.05) is 0 Å². The predicted molar refractivity (Wildman–Crippen MR) is 55.4 cm³/mol. The van der Waals surface area contributed by atoms with Crippen LogP contribution < -0.4 is 0 Å². The molecule has 4 nitrogen and oxygen atoms in total. The SMILES string of the molecule is OP(O)(=S)S.OP(O)(=S)S. The van der Waals surface area contributed by atoms with E-state index in [-0.39, 0.29) is 0 Å². The van der Waals surface area contributed by atoms with Crippen LogP contribution in [0.5, 0.6) is 0 Å². The molecule has 10 heavy (non-hydrogen) atoms. The van der Waals surface area contributed by atoms with E-state index in [1.54, 1.807) is 0 Å². The maximum atomic E-state index is 7.87. The standard InChI is InChI=1S/2H3O2PS2/c2*1-3(2,4)5/h2*(H3,1,2,4,5). The van der Waals surface area contributed by atoms with Crippen molar-refractivity contribution >= 4 is 59.5 Å². The zero-order chi connectivity index (χ0) is 9.00. The normalized spacial score (nSPS) is 11.8. The van der Waals surface area contributed by atoms with Gasteiger partial charge in [0.25, 0.3) is 0 Å². The highest BCUT2D eigenvalue weighted by molar-refractivity contribution is 8.59. The second kappa shape index (κ2) is 5.48. The van der Waals surface area contributed by atoms with Crippen LogP contribution >= 0.6 is 35.9 Å². The minimum absolute atomic E-state index is 3.11. The number of hydrogen-bond donors (Lipinski definition) is 6. The molecule has 0 aliphatic heterocycles. The highest BCUT2D eigenvalue weighted by Crippen LogP contribution is 2.40. The van der Waals surface area contributed by atoms with Gasteiger partial charge in [-0.25, -0.2) is 0 Å². The molecular weight excluding hydrogens is 254 g/mol. The van der Waals surface area contributed by atoms with Gasteiger partial charge in [-0.15, -0.1) is 0 Å². The summed E-state index contributed by atoms with van der Waals surface area (Å²) in [5.41, 5.74) is -6.22. The number of rotatable bonds is 0. The van der Waals surface area contributed by atoms with E-state index in [2.05, 4.69) is 48.1 Å². The van der Waals surface area contributed by atoms with Gasteiger partial charge in [-0.1, -0.05) is 24.5 Å². The molecule has 0 heterocycles. The lowest BCUT2D eigenvalue weighted by molar-refractivity contribution is 0.501. The molecule has 0 aromatic rings. The summed E-state index contributed by atoms with van der Waals surface area (Å²) >= 11 is 14.1. The van der Waals surface area contributed by atoms with E-state index in [0.29, 0.717) is 0 Å². The van der Waals surface area contributed by atoms with Crippen LogP contribution in [0.2, 0.25) is 0 Å². The monoisotopic (exact) mass is 260 g/mol. The van der Waals surface area contributed by atoms with Gasteiger partial charge in [0.15, 0.2) is 0 Å². The van der Waals surface area contributed by atoms with Crippen molar-refractivity contribution in [3.8, 4) is 0 Å². The van der Waals surface area contributed by atoms with Gasteiger partial charge < -0.3 is 19.6 Å². The summed E-state index contributed by atoms with van der Waals surface area (Å²) in [5, 5.41) is 0. The molecule has 0 saturated heterocycles. The molecule has 0 spiro atoms. The van der Waals surface area contributed by atoms with Crippen LogP contribution in [0.25, 0.3) is 0 Å². The fourth-order valence-electron chi connectivity index (χ4n) is 0. The summed E-state index contributed by atoms with van der Waals surface area (Å²) < 4.78 is 0. The lowest BCUT2D eigenvalue weighted by Crippen LogP contribution is -1.53. The summed E-state index contributed by atoms with van der Waals surface area (Å²) in [5.74, 6) is 0. The first kappa shape index (κ1) is 14.4. The van der Waals surface area contributed by atoms with Crippen molar-refractivity contribution in [2.45, 2.75) is 0 Å². The second-order valence-corrected chi connectivity index (χ2v) is 11.1. The Hall–Kier alpha value is 1.84. The Morgan fingerprint density at radius 1 is 0.800 bits per heavy atom. The molecule has 10 heteroatoms. The van der Waals surface area contributed by atoms with Crippen molar-refractivity contribution in [3.05, 3.63) is 0 Å². The van der Waals surface area contributed by atoms with Crippen LogP contribution in [0.4, 0.5) is 0 Å². The Bertz CT molecular complexity index is 128. The third-order valence-electron chi connectivity index (χ3n) is 0. The molecule has 4 N–H and O–H groups in total. The fraction of sp³-hybridized carbons (Fsp3) is 0. The molecule has 0 aromatic carbocycles. The Kier molecular flexibility index (Phi) is 7.87. The van der Waals surface area contributed by atoms with Gasteiger partial charge in [0.2, 0.25) is 11.4 Å². The number of hydrogen-bond acceptors (Lipinski definition) is 2. The van der Waals surface area contributed by atoms with Crippen molar-refractivity contribution < 1.29 is 19.6 Å². The molecule has 0 aliphatic rings. The Balaban J connectivity index is 0. The van der Waals surface area contributed by atoms with Crippen LogP contribution in [0.15, 0.2) is 0 Å². The zero-order valence-electron chi connectivity index (χ0n) is 4.39. The van der Waals surface area contributed by atoms with Crippen molar-refractivity contribution in [2.75, 3.05) is 0 Å². The van der Waals surface area contributed by atoms with Crippen LogP contribution in [-0.4, -0.2) is 19.6 Å². The minimum Gasteiger partial charge on any atom is -0.338 e. The fourth-order valence-corrected chi connectivity index (χ4v) is 0. The second-order valence-electron chi connectivity index (χ2n) is 1.03. The molecular formula is H6O4P2S4. The van der Waals surface area contributed by atoms with E-state index in [4.69, 9.17) is 19.6 Å². The topological polar surface area (TPSA) is 80.9 Å². The molecule has 0 unspecified atom stereocenters. The maximum Gasteiger partial charge on any atom is 0.239 e. The molecule has 0 saturated carbocycles. The summed E-state index contributed by atoms with van der Waals surface area (Å²) in [6, 6.07) is 0. The summed E-state index contributed by atoms with van der Waals surface area (Å²) in [4.78, 5) is 31.5. The van der Waals surface area contributed by atoms with Crippen molar-refractivity contribution in [3.63, 3.8) is 0 Å². The first-order chi connectivity index (χ1) is 4.00. The van der Waals surface area contributed by atoms with Crippen LogP contribution in [0, 0.1) is 0 Å². The summed E-state index contributed by atoms with van der Waals surface area (Å²) in [7, 11) is 0. The molecule has 0 amide bonds. The van der Waals surface area contributed by atoms with Gasteiger partial charge >= 0.3 is 0 Å². The average molecular weight is 260 g/mol. The first-order valence-corrected chi connectivity index (χ1v) is 9.29. The molecule has 0 aromatic heterocycles. The van der Waals surface area contributed by atoms with Gasteiger partial charge in [-0.05, 0) is 23.6 Å². The Morgan fingerprint density at radius 3 is 0.800 bits per heavy atom. The first-order valence-electron chi connectivity index (χ1n) is 1.57. The minimum atomic E-state index is -3.11. The van der Waals surface area contributed by atoms with E-state index < -0.39 is 11.4 Å². The average Bonchev–Trinajstić information content (AvgIpc) is 1.12. The molecule has 0 rings (SSSR count). The third-order valence-corrected chi connectivity index (χ3v) is 0. The van der Waals surface area contributed by atoms with E-state index in [9.17, 15) is 0 Å². The maximum absolute atomic E-state index is 7.87. The molecule has 0 aliphatic carbocycles. The lowest BCUT2D eigenvalue weighted by atomic mass is 15.9. The van der Waals surface area contributed by atoms with Gasteiger partial charge in [-0.2, -0.15) is 0 Å². The summed E-state index contributed by atoms with van der Waals surface area (Å²) in [6.45, 7) is 0. The molecule has 0 atom stereocenters. The van der Waals surface area contributed by atoms with E-state index in [1.165, 1.54) is 0 Å². The van der Waals surface area contributed by atoms with Gasteiger partial charge in [-0.3, -0.25) is 0 Å². The Labute approximate surface area is 79.0 Å². The van der Waals surface area contributed by atoms with Crippen molar-refractivity contribution in [2.24, 2.45) is 0 Å². The highest BCUT2D eigenvalue weighted by Gasteiger charge is 1.90. The van der Waals surface area contributed by atoms with Crippen molar-refractivity contribution in [1.29, 1.82) is 0 Å². The van der Waals surface area contributed by atoms with E-state index >= 15 is 0 Å². The predicted octanol–water partition coefficient (Wildman–Crippen LogP) is 0.251. The summed E-state index contributed by atoms with van der Waals surface area (Å²) in [6.07, 6.45) is 0. The highest BCUT2D eigenvalue weighted by atomic mass is 32.9. The Morgan fingerprint density at radius 2 is 0.800 bits per heavy atom. The van der Waals surface area contributed by atoms with Crippen LogP contribution in [0.1, 0.15) is 0 Å². The lowest BCUT2D eigenvalue weighted by Gasteiger charge is -1.88. The van der Waals surface area contributed by atoms with E-state index in [0.717, 1.165) is 0 Å². The zero-order valence-corrected chi connectivity index (χ0v) is 9.60. The quantitative estimate of drug-likeness (QED) is 0.277. The molecule has 0 bridgehead atoms. The molecule has 64 valence electrons. The smallest absolute Gasteiger partial charge is 0.239 e. The van der Waals surface area contributed by atoms with Crippen molar-refractivity contribution in [1.82, 2.24) is 0 Å². The van der Waals surface area contributed by atoms with E-state index in [1.807, 2.05) is 0 Å². The molecule has 0 radical (unpaired) electrons. The van der Waals surface area contributed by atoms with Gasteiger partial charge in [0.1, 0.15) is 0 Å². The van der Waals surface area contributed by atoms with Crippen LogP contribution in [-0.2, 0) is 23.6 Å². The largest absolute Gasteiger partial charge is 0.338 e. The molecule has 0 fully saturated rings. The van der Waals surface area contributed by atoms with Gasteiger partial charge in [0.05, 0.1) is 0 Å².